The molecule has 0 saturated carbocycles. The summed E-state index contributed by atoms with van der Waals surface area (Å²) in [5.41, 5.74) is 1.82. The summed E-state index contributed by atoms with van der Waals surface area (Å²) in [7, 11) is 1.55. The van der Waals surface area contributed by atoms with E-state index in [2.05, 4.69) is 0 Å². The zero-order chi connectivity index (χ0) is 14.5. The third-order valence-electron chi connectivity index (χ3n) is 3.16. The fraction of sp³-hybridized carbons (Fsp3) is 0.188. The Morgan fingerprint density at radius 3 is 2.45 bits per heavy atom. The number of carbonyl (C=O) groups is 1. The lowest BCUT2D eigenvalue weighted by atomic mass is 9.88. The molecule has 2 aromatic carbocycles. The van der Waals surface area contributed by atoms with Crippen molar-refractivity contribution in [1.82, 2.24) is 0 Å². The molecule has 0 radical (unpaired) electrons. The van der Waals surface area contributed by atoms with Crippen molar-refractivity contribution >= 4 is 17.6 Å². The fourth-order valence-corrected chi connectivity index (χ4v) is 2.45. The molecule has 1 N–H and O–H groups in total. The van der Waals surface area contributed by atoms with Crippen LogP contribution in [0.15, 0.2) is 48.5 Å². The molecule has 0 aliphatic rings. The number of hydrogen-bond donors (Lipinski definition) is 1. The number of methoxy groups -OCH3 is 1. The van der Waals surface area contributed by atoms with Crippen molar-refractivity contribution < 1.29 is 14.6 Å². The number of hydrogen-bond acceptors (Lipinski definition) is 2. The first-order valence-corrected chi connectivity index (χ1v) is 6.59. The first-order valence-electron chi connectivity index (χ1n) is 6.22. The van der Waals surface area contributed by atoms with E-state index in [4.69, 9.17) is 21.4 Å². The highest BCUT2D eigenvalue weighted by atomic mass is 35.5. The second-order valence-corrected chi connectivity index (χ2v) is 4.86. The van der Waals surface area contributed by atoms with Crippen LogP contribution in [0, 0.1) is 0 Å². The molecule has 2 rings (SSSR count). The Balaban J connectivity index is 2.41. The maximum absolute atomic E-state index is 11.1. The largest absolute Gasteiger partial charge is 0.495 e. The predicted molar refractivity (Wildman–Crippen MR) is 78.5 cm³/mol. The summed E-state index contributed by atoms with van der Waals surface area (Å²) in [6, 6.07) is 14.9. The molecule has 0 aliphatic carbocycles. The van der Waals surface area contributed by atoms with E-state index in [0.717, 1.165) is 11.1 Å². The first-order chi connectivity index (χ1) is 9.61. The van der Waals surface area contributed by atoms with Crippen molar-refractivity contribution in [3.63, 3.8) is 0 Å². The Kier molecular flexibility index (Phi) is 4.64. The molecule has 0 spiro atoms. The Morgan fingerprint density at radius 2 is 1.90 bits per heavy atom. The van der Waals surface area contributed by atoms with Crippen molar-refractivity contribution in [3.8, 4) is 5.75 Å². The second-order valence-electron chi connectivity index (χ2n) is 4.46. The van der Waals surface area contributed by atoms with E-state index >= 15 is 0 Å². The minimum atomic E-state index is -0.842. The summed E-state index contributed by atoms with van der Waals surface area (Å²) in [6.45, 7) is 0. The maximum atomic E-state index is 11.1. The van der Waals surface area contributed by atoms with Crippen LogP contribution < -0.4 is 4.74 Å². The minimum absolute atomic E-state index is 0.0205. The predicted octanol–water partition coefficient (Wildman–Crippen LogP) is 3.96. The van der Waals surface area contributed by atoms with Crippen LogP contribution in [0.3, 0.4) is 0 Å². The number of carboxylic acids is 1. The first kappa shape index (κ1) is 14.4. The van der Waals surface area contributed by atoms with Crippen LogP contribution in [0.5, 0.6) is 5.75 Å². The molecule has 104 valence electrons. The highest BCUT2D eigenvalue weighted by Gasteiger charge is 2.18. The molecule has 0 amide bonds. The van der Waals surface area contributed by atoms with Crippen molar-refractivity contribution in [3.05, 3.63) is 64.7 Å². The van der Waals surface area contributed by atoms with Gasteiger partial charge in [-0.25, -0.2) is 0 Å². The summed E-state index contributed by atoms with van der Waals surface area (Å²) in [4.78, 5) is 11.1. The lowest BCUT2D eigenvalue weighted by molar-refractivity contribution is -0.137. The number of halogens is 1. The SMILES string of the molecule is COc1ccc([C@@H](CC(=O)O)c2ccccc2)cc1Cl. The maximum Gasteiger partial charge on any atom is 0.304 e. The van der Waals surface area contributed by atoms with Gasteiger partial charge in [0.05, 0.1) is 18.6 Å². The van der Waals surface area contributed by atoms with E-state index in [9.17, 15) is 4.79 Å². The number of aliphatic carboxylic acids is 1. The average Bonchev–Trinajstić information content (AvgIpc) is 2.45. The Labute approximate surface area is 122 Å². The summed E-state index contributed by atoms with van der Waals surface area (Å²) < 4.78 is 5.12. The molecule has 0 saturated heterocycles. The molecular formula is C16H15ClO3. The van der Waals surface area contributed by atoms with Crippen molar-refractivity contribution in [1.29, 1.82) is 0 Å². The van der Waals surface area contributed by atoms with Crippen LogP contribution in [-0.2, 0) is 4.79 Å². The molecule has 0 bridgehead atoms. The van der Waals surface area contributed by atoms with Gasteiger partial charge < -0.3 is 9.84 Å². The van der Waals surface area contributed by atoms with Gasteiger partial charge in [-0.2, -0.15) is 0 Å². The molecule has 4 heteroatoms. The van der Waals surface area contributed by atoms with Gasteiger partial charge in [0, 0.05) is 5.92 Å². The Morgan fingerprint density at radius 1 is 1.20 bits per heavy atom. The van der Waals surface area contributed by atoms with Crippen LogP contribution >= 0.6 is 11.6 Å². The van der Waals surface area contributed by atoms with Gasteiger partial charge in [0.1, 0.15) is 5.75 Å². The molecule has 2 aromatic rings. The monoisotopic (exact) mass is 290 g/mol. The van der Waals surface area contributed by atoms with Crippen molar-refractivity contribution in [2.45, 2.75) is 12.3 Å². The summed E-state index contributed by atoms with van der Waals surface area (Å²) in [6.07, 6.45) is 0.0205. The van der Waals surface area contributed by atoms with E-state index < -0.39 is 5.97 Å². The van der Waals surface area contributed by atoms with Crippen molar-refractivity contribution in [2.24, 2.45) is 0 Å². The van der Waals surface area contributed by atoms with E-state index in [0.29, 0.717) is 10.8 Å². The second kappa shape index (κ2) is 6.44. The number of rotatable bonds is 5. The van der Waals surface area contributed by atoms with Gasteiger partial charge in [0.15, 0.2) is 0 Å². The van der Waals surface area contributed by atoms with E-state index in [1.54, 1.807) is 19.2 Å². The van der Waals surface area contributed by atoms with Gasteiger partial charge in [-0.15, -0.1) is 0 Å². The standard InChI is InChI=1S/C16H15ClO3/c1-20-15-8-7-12(9-14(15)17)13(10-16(18)19)11-5-3-2-4-6-11/h2-9,13H,10H2,1H3,(H,18,19)/t13-/m0/s1. The zero-order valence-electron chi connectivity index (χ0n) is 11.0. The molecule has 0 unspecified atom stereocenters. The molecule has 20 heavy (non-hydrogen) atoms. The summed E-state index contributed by atoms with van der Waals surface area (Å²) in [5.74, 6) is -0.486. The number of carboxylic acid groups (broad SMARTS) is 1. The summed E-state index contributed by atoms with van der Waals surface area (Å²) in [5, 5.41) is 9.60. The van der Waals surface area contributed by atoms with E-state index in [1.165, 1.54) is 0 Å². The average molecular weight is 291 g/mol. The number of ether oxygens (including phenoxy) is 1. The lowest BCUT2D eigenvalue weighted by Gasteiger charge is -2.17. The highest BCUT2D eigenvalue weighted by Crippen LogP contribution is 2.33. The Bertz CT molecular complexity index is 596. The topological polar surface area (TPSA) is 46.5 Å². The van der Waals surface area contributed by atoms with Gasteiger partial charge in [-0.05, 0) is 23.3 Å². The van der Waals surface area contributed by atoms with Crippen LogP contribution in [0.1, 0.15) is 23.5 Å². The molecule has 0 aliphatic heterocycles. The third-order valence-corrected chi connectivity index (χ3v) is 3.45. The lowest BCUT2D eigenvalue weighted by Crippen LogP contribution is -2.08. The molecule has 0 aromatic heterocycles. The number of benzene rings is 2. The van der Waals surface area contributed by atoms with Gasteiger partial charge in [-0.1, -0.05) is 48.0 Å². The summed E-state index contributed by atoms with van der Waals surface area (Å²) >= 11 is 6.13. The molecule has 1 atom stereocenters. The van der Waals surface area contributed by atoms with Crippen LogP contribution in [0.4, 0.5) is 0 Å². The molecule has 3 nitrogen and oxygen atoms in total. The van der Waals surface area contributed by atoms with Gasteiger partial charge in [0.25, 0.3) is 0 Å². The molecule has 0 heterocycles. The Hall–Kier alpha value is -2.00. The quantitative estimate of drug-likeness (QED) is 0.907. The van der Waals surface area contributed by atoms with Gasteiger partial charge in [-0.3, -0.25) is 4.79 Å². The minimum Gasteiger partial charge on any atom is -0.495 e. The smallest absolute Gasteiger partial charge is 0.304 e. The molecule has 0 fully saturated rings. The van der Waals surface area contributed by atoms with E-state index in [1.807, 2.05) is 36.4 Å². The third kappa shape index (κ3) is 3.31. The highest BCUT2D eigenvalue weighted by molar-refractivity contribution is 6.32. The fourth-order valence-electron chi connectivity index (χ4n) is 2.19. The van der Waals surface area contributed by atoms with Crippen LogP contribution in [-0.4, -0.2) is 18.2 Å². The van der Waals surface area contributed by atoms with Gasteiger partial charge in [0.2, 0.25) is 0 Å². The van der Waals surface area contributed by atoms with E-state index in [-0.39, 0.29) is 12.3 Å². The van der Waals surface area contributed by atoms with Crippen LogP contribution in [0.25, 0.3) is 0 Å². The molecular weight excluding hydrogens is 276 g/mol. The zero-order valence-corrected chi connectivity index (χ0v) is 11.8. The van der Waals surface area contributed by atoms with Gasteiger partial charge >= 0.3 is 5.97 Å². The normalized spacial score (nSPS) is 11.9. The van der Waals surface area contributed by atoms with Crippen LogP contribution in [0.2, 0.25) is 5.02 Å². The van der Waals surface area contributed by atoms with Crippen molar-refractivity contribution in [2.75, 3.05) is 7.11 Å².